The number of nitrogens with one attached hydrogen (secondary N) is 1. The zero-order chi connectivity index (χ0) is 15.5. The lowest BCUT2D eigenvalue weighted by Crippen LogP contribution is -2.54. The largest absolute Gasteiger partial charge is 0.373 e. The first-order valence-electron chi connectivity index (χ1n) is 8.64. The van der Waals surface area contributed by atoms with Crippen molar-refractivity contribution in [1.82, 2.24) is 15.1 Å². The molecule has 3 aliphatic heterocycles. The van der Waals surface area contributed by atoms with Crippen LogP contribution in [0.3, 0.4) is 0 Å². The minimum absolute atomic E-state index is 0.170. The summed E-state index contributed by atoms with van der Waals surface area (Å²) in [5.41, 5.74) is 0. The molecule has 22 heavy (non-hydrogen) atoms. The molecule has 0 aromatic heterocycles. The third kappa shape index (κ3) is 3.79. The Bertz CT molecular complexity index is 377. The van der Waals surface area contributed by atoms with E-state index in [1.807, 2.05) is 0 Å². The number of likely N-dealkylation sites (tertiary alicyclic amines) is 1. The van der Waals surface area contributed by atoms with Crippen LogP contribution in [0.4, 0.5) is 0 Å². The average Bonchev–Trinajstić information content (AvgIpc) is 2.94. The number of carbonyl (C=O) groups excluding carboxylic acids is 1. The van der Waals surface area contributed by atoms with Gasteiger partial charge in [-0.3, -0.25) is 9.69 Å². The van der Waals surface area contributed by atoms with Crippen LogP contribution in [0.2, 0.25) is 0 Å². The minimum atomic E-state index is -0.295. The first kappa shape index (κ1) is 16.2. The van der Waals surface area contributed by atoms with Crippen molar-refractivity contribution in [2.45, 2.75) is 51.0 Å². The Morgan fingerprint density at radius 2 is 2.05 bits per heavy atom. The fourth-order valence-electron chi connectivity index (χ4n) is 3.96. The third-order valence-corrected chi connectivity index (χ3v) is 4.83. The van der Waals surface area contributed by atoms with E-state index in [1.165, 1.54) is 0 Å². The van der Waals surface area contributed by atoms with Gasteiger partial charge in [-0.1, -0.05) is 0 Å². The molecule has 3 saturated heterocycles. The van der Waals surface area contributed by atoms with E-state index in [1.54, 1.807) is 0 Å². The van der Waals surface area contributed by atoms with Gasteiger partial charge in [0.05, 0.1) is 18.8 Å². The predicted molar refractivity (Wildman–Crippen MR) is 83.8 cm³/mol. The molecule has 1 N–H and O–H groups in total. The fourth-order valence-corrected chi connectivity index (χ4v) is 3.96. The summed E-state index contributed by atoms with van der Waals surface area (Å²) >= 11 is 0. The maximum absolute atomic E-state index is 12.7. The van der Waals surface area contributed by atoms with Crippen molar-refractivity contribution in [1.29, 1.82) is 0 Å². The van der Waals surface area contributed by atoms with Gasteiger partial charge in [0, 0.05) is 45.3 Å². The van der Waals surface area contributed by atoms with Crippen LogP contribution in [0.25, 0.3) is 0 Å². The summed E-state index contributed by atoms with van der Waals surface area (Å²) in [6.45, 7) is 10.1. The fraction of sp³-hybridized carbons (Fsp3) is 0.938. The van der Waals surface area contributed by atoms with E-state index in [0.29, 0.717) is 19.2 Å². The van der Waals surface area contributed by atoms with E-state index < -0.39 is 0 Å². The van der Waals surface area contributed by atoms with Crippen LogP contribution in [0, 0.1) is 0 Å². The van der Waals surface area contributed by atoms with E-state index in [0.717, 1.165) is 45.6 Å². The molecule has 3 aliphatic rings. The number of hydrogen-bond donors (Lipinski definition) is 1. The van der Waals surface area contributed by atoms with Crippen molar-refractivity contribution in [3.05, 3.63) is 0 Å². The summed E-state index contributed by atoms with van der Waals surface area (Å²) in [7, 11) is 0. The smallest absolute Gasteiger partial charge is 0.253 e. The molecule has 0 aromatic rings. The van der Waals surface area contributed by atoms with E-state index >= 15 is 0 Å². The number of amides is 1. The first-order valence-corrected chi connectivity index (χ1v) is 8.64. The number of carbonyl (C=O) groups is 1. The van der Waals surface area contributed by atoms with Gasteiger partial charge in [0.2, 0.25) is 0 Å². The minimum Gasteiger partial charge on any atom is -0.373 e. The molecule has 126 valence electrons. The second-order valence-corrected chi connectivity index (χ2v) is 6.87. The van der Waals surface area contributed by atoms with Gasteiger partial charge in [-0.25, -0.2) is 0 Å². The number of hydrogen-bond acceptors (Lipinski definition) is 5. The Balaban J connectivity index is 1.57. The SMILES string of the molecule is CC1CN(CC2CCCN2C(=O)C2CNCCO2)CC(C)O1. The molecule has 3 heterocycles. The summed E-state index contributed by atoms with van der Waals surface area (Å²) in [5, 5.41) is 3.25. The molecule has 3 rings (SSSR count). The molecule has 0 radical (unpaired) electrons. The van der Waals surface area contributed by atoms with Crippen molar-refractivity contribution in [2.24, 2.45) is 0 Å². The van der Waals surface area contributed by atoms with Crippen molar-refractivity contribution in [2.75, 3.05) is 45.9 Å². The number of rotatable bonds is 3. The van der Waals surface area contributed by atoms with Crippen LogP contribution in [-0.2, 0) is 14.3 Å². The summed E-state index contributed by atoms with van der Waals surface area (Å²) in [5.74, 6) is 0.170. The molecule has 4 atom stereocenters. The predicted octanol–water partition coefficient (Wildman–Crippen LogP) is 0.0750. The van der Waals surface area contributed by atoms with E-state index in [4.69, 9.17) is 9.47 Å². The van der Waals surface area contributed by atoms with Crippen LogP contribution in [0.15, 0.2) is 0 Å². The molecule has 3 fully saturated rings. The highest BCUT2D eigenvalue weighted by atomic mass is 16.5. The van der Waals surface area contributed by atoms with Crippen molar-refractivity contribution < 1.29 is 14.3 Å². The van der Waals surface area contributed by atoms with Gasteiger partial charge in [-0.2, -0.15) is 0 Å². The maximum atomic E-state index is 12.7. The van der Waals surface area contributed by atoms with Crippen LogP contribution < -0.4 is 5.32 Å². The normalized spacial score (nSPS) is 37.5. The molecule has 4 unspecified atom stereocenters. The summed E-state index contributed by atoms with van der Waals surface area (Å²) < 4.78 is 11.4. The number of nitrogens with zero attached hydrogens (tertiary/aromatic N) is 2. The molecule has 0 spiro atoms. The van der Waals surface area contributed by atoms with Gasteiger partial charge in [-0.15, -0.1) is 0 Å². The van der Waals surface area contributed by atoms with E-state index in [9.17, 15) is 4.79 Å². The second-order valence-electron chi connectivity index (χ2n) is 6.87. The zero-order valence-electron chi connectivity index (χ0n) is 13.8. The Labute approximate surface area is 133 Å². The van der Waals surface area contributed by atoms with E-state index in [-0.39, 0.29) is 24.2 Å². The maximum Gasteiger partial charge on any atom is 0.253 e. The lowest BCUT2D eigenvalue weighted by Gasteiger charge is -2.39. The van der Waals surface area contributed by atoms with Crippen molar-refractivity contribution >= 4 is 5.91 Å². The molecule has 0 saturated carbocycles. The van der Waals surface area contributed by atoms with E-state index in [2.05, 4.69) is 29.0 Å². The second kappa shape index (κ2) is 7.25. The molecule has 0 aromatic carbocycles. The van der Waals surface area contributed by atoms with Crippen LogP contribution in [0.5, 0.6) is 0 Å². The van der Waals surface area contributed by atoms with Crippen molar-refractivity contribution in [3.8, 4) is 0 Å². The number of morpholine rings is 2. The molecule has 1 amide bonds. The van der Waals surface area contributed by atoms with Gasteiger partial charge in [0.1, 0.15) is 6.10 Å². The van der Waals surface area contributed by atoms with Gasteiger partial charge in [0.15, 0.2) is 0 Å². The molecular weight excluding hydrogens is 282 g/mol. The molecule has 6 nitrogen and oxygen atoms in total. The molecule has 0 aliphatic carbocycles. The average molecular weight is 311 g/mol. The van der Waals surface area contributed by atoms with Gasteiger partial charge in [0.25, 0.3) is 5.91 Å². The quantitative estimate of drug-likeness (QED) is 0.800. The van der Waals surface area contributed by atoms with Crippen molar-refractivity contribution in [3.63, 3.8) is 0 Å². The highest BCUT2D eigenvalue weighted by Gasteiger charge is 2.36. The Morgan fingerprint density at radius 3 is 2.73 bits per heavy atom. The highest BCUT2D eigenvalue weighted by molar-refractivity contribution is 5.82. The highest BCUT2D eigenvalue weighted by Crippen LogP contribution is 2.22. The molecule has 0 bridgehead atoms. The topological polar surface area (TPSA) is 54.0 Å². The Kier molecular flexibility index (Phi) is 5.33. The number of ether oxygens (including phenoxy) is 2. The molecule has 6 heteroatoms. The van der Waals surface area contributed by atoms with Gasteiger partial charge < -0.3 is 19.7 Å². The Hall–Kier alpha value is -0.690. The lowest BCUT2D eigenvalue weighted by atomic mass is 10.1. The van der Waals surface area contributed by atoms with Gasteiger partial charge in [-0.05, 0) is 26.7 Å². The third-order valence-electron chi connectivity index (χ3n) is 4.83. The zero-order valence-corrected chi connectivity index (χ0v) is 13.8. The van der Waals surface area contributed by atoms with Crippen LogP contribution in [0.1, 0.15) is 26.7 Å². The van der Waals surface area contributed by atoms with Gasteiger partial charge >= 0.3 is 0 Å². The standard InChI is InChI=1S/C16H29N3O3/c1-12-9-18(10-13(2)22-12)11-14-4-3-6-19(14)16(20)15-8-17-5-7-21-15/h12-15,17H,3-11H2,1-2H3. The van der Waals surface area contributed by atoms with Crippen LogP contribution >= 0.6 is 0 Å². The molecular formula is C16H29N3O3. The summed E-state index contributed by atoms with van der Waals surface area (Å²) in [6, 6.07) is 0.329. The Morgan fingerprint density at radius 1 is 1.27 bits per heavy atom. The van der Waals surface area contributed by atoms with Crippen LogP contribution in [-0.4, -0.2) is 85.9 Å². The monoisotopic (exact) mass is 311 g/mol. The first-order chi connectivity index (χ1) is 10.6. The summed E-state index contributed by atoms with van der Waals surface area (Å²) in [4.78, 5) is 17.2. The lowest BCUT2D eigenvalue weighted by molar-refractivity contribution is -0.146. The summed E-state index contributed by atoms with van der Waals surface area (Å²) in [6.07, 6.45) is 2.47.